The van der Waals surface area contributed by atoms with Crippen LogP contribution >= 0.6 is 0 Å². The average molecular weight is 249 g/mol. The molecule has 0 radical (unpaired) electrons. The van der Waals surface area contributed by atoms with Gasteiger partial charge in [-0.05, 0) is 46.6 Å². The van der Waals surface area contributed by atoms with E-state index in [4.69, 9.17) is 4.42 Å². The Labute approximate surface area is 109 Å². The number of nitrogens with zero attached hydrogens (tertiary/aromatic N) is 2. The molecule has 1 aromatic rings. The highest BCUT2D eigenvalue weighted by atomic mass is 16.4. The van der Waals surface area contributed by atoms with Crippen LogP contribution in [0.3, 0.4) is 0 Å². The van der Waals surface area contributed by atoms with Crippen LogP contribution in [-0.4, -0.2) is 35.1 Å². The van der Waals surface area contributed by atoms with Crippen molar-refractivity contribution in [2.45, 2.75) is 63.7 Å². The van der Waals surface area contributed by atoms with Gasteiger partial charge in [0.15, 0.2) is 0 Å². The van der Waals surface area contributed by atoms with E-state index in [1.807, 2.05) is 6.92 Å². The Morgan fingerprint density at radius 1 is 1.39 bits per heavy atom. The van der Waals surface area contributed by atoms with Gasteiger partial charge in [0.1, 0.15) is 5.76 Å². The molecule has 0 amide bonds. The third kappa shape index (κ3) is 2.19. The Kier molecular flexibility index (Phi) is 3.16. The lowest BCUT2D eigenvalue weighted by molar-refractivity contribution is 0.142. The van der Waals surface area contributed by atoms with Gasteiger partial charge >= 0.3 is 0 Å². The van der Waals surface area contributed by atoms with Gasteiger partial charge in [-0.1, -0.05) is 0 Å². The van der Waals surface area contributed by atoms with Crippen molar-refractivity contribution in [3.63, 3.8) is 0 Å². The van der Waals surface area contributed by atoms with Crippen LogP contribution in [0, 0.1) is 6.92 Å². The highest BCUT2D eigenvalue weighted by molar-refractivity contribution is 5.00. The number of hydrogen-bond acceptors (Lipinski definition) is 4. The van der Waals surface area contributed by atoms with Crippen LogP contribution in [0.5, 0.6) is 0 Å². The molecule has 18 heavy (non-hydrogen) atoms. The largest absolute Gasteiger partial charge is 0.444 e. The molecule has 4 heteroatoms. The van der Waals surface area contributed by atoms with E-state index in [1.165, 1.54) is 25.7 Å². The number of fused-ring (bicyclic) bond motifs is 2. The molecule has 4 nitrogen and oxygen atoms in total. The summed E-state index contributed by atoms with van der Waals surface area (Å²) >= 11 is 0. The van der Waals surface area contributed by atoms with E-state index in [9.17, 15) is 0 Å². The zero-order valence-corrected chi connectivity index (χ0v) is 11.5. The van der Waals surface area contributed by atoms with E-state index in [-0.39, 0.29) is 6.04 Å². The maximum absolute atomic E-state index is 5.59. The molecule has 2 saturated heterocycles. The minimum atomic E-state index is 0.214. The standard InChI is InChI=1S/C14H23N3O/c1-9-8-15-14(18-9)10(2)16-11-6-12-4-5-13(7-11)17(12)3/h8,10-13,16H,4-7H2,1-3H3. The Hall–Kier alpha value is -0.870. The summed E-state index contributed by atoms with van der Waals surface area (Å²) in [6.07, 6.45) is 7.05. The van der Waals surface area contributed by atoms with Crippen LogP contribution in [0.2, 0.25) is 0 Å². The van der Waals surface area contributed by atoms with Crippen molar-refractivity contribution in [2.24, 2.45) is 0 Å². The maximum Gasteiger partial charge on any atom is 0.211 e. The van der Waals surface area contributed by atoms with Gasteiger partial charge in [-0.3, -0.25) is 0 Å². The fraction of sp³-hybridized carbons (Fsp3) is 0.786. The van der Waals surface area contributed by atoms with E-state index in [1.54, 1.807) is 6.20 Å². The number of rotatable bonds is 3. The molecule has 2 bridgehead atoms. The van der Waals surface area contributed by atoms with E-state index in [2.05, 4.69) is 29.2 Å². The third-order valence-electron chi connectivity index (χ3n) is 4.59. The van der Waals surface area contributed by atoms with Gasteiger partial charge in [0, 0.05) is 18.1 Å². The molecule has 100 valence electrons. The highest BCUT2D eigenvalue weighted by Crippen LogP contribution is 2.34. The molecule has 2 fully saturated rings. The molecule has 0 saturated carbocycles. The Balaban J connectivity index is 1.61. The smallest absolute Gasteiger partial charge is 0.211 e. The molecule has 3 heterocycles. The topological polar surface area (TPSA) is 41.3 Å². The minimum Gasteiger partial charge on any atom is -0.444 e. The Bertz CT molecular complexity index is 403. The first-order valence-corrected chi connectivity index (χ1v) is 7.04. The summed E-state index contributed by atoms with van der Waals surface area (Å²) in [6.45, 7) is 4.09. The quantitative estimate of drug-likeness (QED) is 0.892. The lowest BCUT2D eigenvalue weighted by atomic mass is 9.97. The predicted molar refractivity (Wildman–Crippen MR) is 70.4 cm³/mol. The monoisotopic (exact) mass is 249 g/mol. The number of aromatic nitrogens is 1. The van der Waals surface area contributed by atoms with Crippen molar-refractivity contribution < 1.29 is 4.42 Å². The van der Waals surface area contributed by atoms with Crippen molar-refractivity contribution in [3.05, 3.63) is 17.8 Å². The highest BCUT2D eigenvalue weighted by Gasteiger charge is 2.38. The summed E-state index contributed by atoms with van der Waals surface area (Å²) < 4.78 is 5.59. The summed E-state index contributed by atoms with van der Waals surface area (Å²) in [6, 6.07) is 2.38. The molecule has 0 spiro atoms. The summed E-state index contributed by atoms with van der Waals surface area (Å²) in [4.78, 5) is 6.88. The molecule has 0 aliphatic carbocycles. The molecule has 3 atom stereocenters. The van der Waals surface area contributed by atoms with Gasteiger partial charge < -0.3 is 14.6 Å². The molecule has 0 aromatic carbocycles. The number of oxazole rings is 1. The molecular weight excluding hydrogens is 226 g/mol. The van der Waals surface area contributed by atoms with Gasteiger partial charge in [0.05, 0.1) is 12.2 Å². The summed E-state index contributed by atoms with van der Waals surface area (Å²) in [5, 5.41) is 3.69. The van der Waals surface area contributed by atoms with Gasteiger partial charge in [-0.15, -0.1) is 0 Å². The van der Waals surface area contributed by atoms with Gasteiger partial charge in [0.25, 0.3) is 0 Å². The summed E-state index contributed by atoms with van der Waals surface area (Å²) in [7, 11) is 2.28. The maximum atomic E-state index is 5.59. The molecule has 2 aliphatic rings. The van der Waals surface area contributed by atoms with E-state index < -0.39 is 0 Å². The van der Waals surface area contributed by atoms with Gasteiger partial charge in [-0.25, -0.2) is 4.98 Å². The predicted octanol–water partition coefficient (Wildman–Crippen LogP) is 2.26. The van der Waals surface area contributed by atoms with Crippen LogP contribution in [0.25, 0.3) is 0 Å². The zero-order valence-electron chi connectivity index (χ0n) is 11.5. The van der Waals surface area contributed by atoms with Gasteiger partial charge in [-0.2, -0.15) is 0 Å². The lowest BCUT2D eigenvalue weighted by Crippen LogP contribution is -2.47. The number of nitrogens with one attached hydrogen (secondary N) is 1. The number of piperidine rings is 1. The fourth-order valence-electron chi connectivity index (χ4n) is 3.54. The zero-order chi connectivity index (χ0) is 12.7. The van der Waals surface area contributed by atoms with E-state index in [0.717, 1.165) is 23.7 Å². The lowest BCUT2D eigenvalue weighted by Gasteiger charge is -2.37. The molecule has 3 unspecified atom stereocenters. The van der Waals surface area contributed by atoms with Crippen molar-refractivity contribution in [1.29, 1.82) is 0 Å². The minimum absolute atomic E-state index is 0.214. The molecule has 1 aromatic heterocycles. The van der Waals surface area contributed by atoms with Crippen molar-refractivity contribution >= 4 is 0 Å². The van der Waals surface area contributed by atoms with Crippen LogP contribution in [0.4, 0.5) is 0 Å². The van der Waals surface area contributed by atoms with Crippen molar-refractivity contribution in [1.82, 2.24) is 15.2 Å². The molecule has 1 N–H and O–H groups in total. The van der Waals surface area contributed by atoms with Crippen molar-refractivity contribution in [2.75, 3.05) is 7.05 Å². The Morgan fingerprint density at radius 2 is 2.06 bits per heavy atom. The number of hydrogen-bond donors (Lipinski definition) is 1. The molecule has 2 aliphatic heterocycles. The van der Waals surface area contributed by atoms with Crippen LogP contribution in [-0.2, 0) is 0 Å². The average Bonchev–Trinajstić information content (AvgIpc) is 2.82. The van der Waals surface area contributed by atoms with Crippen LogP contribution < -0.4 is 5.32 Å². The second kappa shape index (κ2) is 4.67. The third-order valence-corrected chi connectivity index (χ3v) is 4.59. The number of aryl methyl sites for hydroxylation is 1. The fourth-order valence-corrected chi connectivity index (χ4v) is 3.54. The normalized spacial score (nSPS) is 33.8. The Morgan fingerprint density at radius 3 is 2.61 bits per heavy atom. The summed E-state index contributed by atoms with van der Waals surface area (Å²) in [5.74, 6) is 1.71. The second-order valence-corrected chi connectivity index (χ2v) is 5.92. The molecular formula is C14H23N3O. The van der Waals surface area contributed by atoms with Crippen molar-refractivity contribution in [3.8, 4) is 0 Å². The SMILES string of the molecule is Cc1cnc(C(C)NC2CC3CCC(C2)N3C)o1. The van der Waals surface area contributed by atoms with Crippen LogP contribution in [0.15, 0.2) is 10.6 Å². The van der Waals surface area contributed by atoms with Crippen LogP contribution in [0.1, 0.15) is 50.3 Å². The van der Waals surface area contributed by atoms with E-state index in [0.29, 0.717) is 6.04 Å². The first-order valence-electron chi connectivity index (χ1n) is 7.04. The first kappa shape index (κ1) is 12.2. The van der Waals surface area contributed by atoms with E-state index >= 15 is 0 Å². The van der Waals surface area contributed by atoms with Gasteiger partial charge in [0.2, 0.25) is 5.89 Å². The molecule has 3 rings (SSSR count). The first-order chi connectivity index (χ1) is 8.63. The summed E-state index contributed by atoms with van der Waals surface area (Å²) in [5.41, 5.74) is 0. The second-order valence-electron chi connectivity index (χ2n) is 5.92.